The molecular formula is C34H40FN3O6. The van der Waals surface area contributed by atoms with Gasteiger partial charge in [-0.1, -0.05) is 6.07 Å². The van der Waals surface area contributed by atoms with E-state index >= 15 is 0 Å². The second-order valence-corrected chi connectivity index (χ2v) is 12.9. The molecule has 2 aliphatic carbocycles. The highest BCUT2D eigenvalue weighted by Gasteiger charge is 2.66. The predicted octanol–water partition coefficient (Wildman–Crippen LogP) is 4.74. The number of amides is 2. The molecule has 1 unspecified atom stereocenters. The Morgan fingerprint density at radius 1 is 0.977 bits per heavy atom. The summed E-state index contributed by atoms with van der Waals surface area (Å²) in [6.07, 6.45) is 4.63. The van der Waals surface area contributed by atoms with E-state index in [1.165, 1.54) is 22.8 Å². The summed E-state index contributed by atoms with van der Waals surface area (Å²) in [5, 5.41) is 10.8. The highest BCUT2D eigenvalue weighted by Crippen LogP contribution is 2.59. The normalized spacial score (nSPS) is 21.0. The summed E-state index contributed by atoms with van der Waals surface area (Å²) >= 11 is 0. The lowest BCUT2D eigenvalue weighted by molar-refractivity contribution is -0.134. The number of aliphatic hydroxyl groups is 1. The Hall–Kier alpha value is -4.18. The number of carbonyl (C=O) groups excluding carboxylic acids is 2. The minimum Gasteiger partial charge on any atom is -0.490 e. The Balaban J connectivity index is 1.47. The van der Waals surface area contributed by atoms with Gasteiger partial charge < -0.3 is 30.6 Å². The number of primary amides is 2. The first-order valence-corrected chi connectivity index (χ1v) is 14.9. The van der Waals surface area contributed by atoms with E-state index in [0.29, 0.717) is 64.3 Å². The van der Waals surface area contributed by atoms with Crippen LogP contribution in [-0.2, 0) is 22.2 Å². The van der Waals surface area contributed by atoms with Gasteiger partial charge in [-0.3, -0.25) is 14.4 Å². The van der Waals surface area contributed by atoms with Crippen LogP contribution in [0.5, 0.6) is 17.2 Å². The first-order valence-electron chi connectivity index (χ1n) is 14.9. The van der Waals surface area contributed by atoms with Crippen molar-refractivity contribution in [2.75, 3.05) is 0 Å². The molecule has 0 aliphatic heterocycles. The Morgan fingerprint density at radius 2 is 1.59 bits per heavy atom. The number of aromatic nitrogens is 1. The summed E-state index contributed by atoms with van der Waals surface area (Å²) in [7, 11) is 1.65. The standard InChI is InChI=1S/C34H40FN3O6/c1-18-12-22(35)13-19(2)30(18)44-27-11-8-21(33(3,4)42)14-24(27)25-17-38(5)29(39)15-28(25)43-23-9-6-20(7-10-23)26-16-34(26,31(36)40)32(37)41/h8,11-15,17,20,23,26,42H,6-7,9-10,16H2,1-5H3,(H2,36,40)(H2,37,41)/t20-,23-,26?. The van der Waals surface area contributed by atoms with E-state index in [0.717, 1.165) is 12.8 Å². The second-order valence-electron chi connectivity index (χ2n) is 12.9. The van der Waals surface area contributed by atoms with Crippen LogP contribution in [0.1, 0.15) is 62.6 Å². The van der Waals surface area contributed by atoms with Crippen molar-refractivity contribution in [3.05, 3.63) is 75.5 Å². The number of hydrogen-bond donors (Lipinski definition) is 3. The molecular weight excluding hydrogens is 565 g/mol. The zero-order valence-corrected chi connectivity index (χ0v) is 25.8. The fourth-order valence-corrected chi connectivity index (χ4v) is 6.62. The molecule has 1 heterocycles. The van der Waals surface area contributed by atoms with Gasteiger partial charge in [-0.25, -0.2) is 4.39 Å². The van der Waals surface area contributed by atoms with Gasteiger partial charge in [-0.2, -0.15) is 0 Å². The molecule has 1 aromatic heterocycles. The molecule has 2 fully saturated rings. The van der Waals surface area contributed by atoms with E-state index < -0.39 is 22.8 Å². The van der Waals surface area contributed by atoms with Gasteiger partial charge in [0.2, 0.25) is 11.8 Å². The lowest BCUT2D eigenvalue weighted by Gasteiger charge is -2.31. The molecule has 2 aromatic carbocycles. The van der Waals surface area contributed by atoms with Gasteiger partial charge in [0.1, 0.15) is 28.5 Å². The number of benzene rings is 2. The monoisotopic (exact) mass is 605 g/mol. The van der Waals surface area contributed by atoms with Crippen LogP contribution in [0.15, 0.2) is 47.4 Å². The van der Waals surface area contributed by atoms with Gasteiger partial charge in [0, 0.05) is 30.4 Å². The molecule has 0 bridgehead atoms. The van der Waals surface area contributed by atoms with Crippen LogP contribution in [0.2, 0.25) is 0 Å². The molecule has 10 heteroatoms. The number of nitrogens with two attached hydrogens (primary N) is 2. The maximum absolute atomic E-state index is 14.0. The molecule has 3 aromatic rings. The van der Waals surface area contributed by atoms with Crippen molar-refractivity contribution in [1.29, 1.82) is 0 Å². The van der Waals surface area contributed by atoms with Gasteiger partial charge in [0.05, 0.1) is 11.7 Å². The van der Waals surface area contributed by atoms with E-state index in [1.54, 1.807) is 53.1 Å². The van der Waals surface area contributed by atoms with Crippen molar-refractivity contribution in [3.8, 4) is 28.4 Å². The number of hydrogen-bond acceptors (Lipinski definition) is 6. The van der Waals surface area contributed by atoms with Crippen LogP contribution in [0.3, 0.4) is 0 Å². The van der Waals surface area contributed by atoms with Gasteiger partial charge >= 0.3 is 0 Å². The van der Waals surface area contributed by atoms with Crippen molar-refractivity contribution in [3.63, 3.8) is 0 Å². The summed E-state index contributed by atoms with van der Waals surface area (Å²) in [5.74, 6) is -0.361. The molecule has 1 atom stereocenters. The summed E-state index contributed by atoms with van der Waals surface area (Å²) < 4.78 is 28.4. The second kappa shape index (κ2) is 11.4. The Labute approximate surface area is 256 Å². The van der Waals surface area contributed by atoms with Crippen molar-refractivity contribution in [2.24, 2.45) is 35.8 Å². The average molecular weight is 606 g/mol. The lowest BCUT2D eigenvalue weighted by Crippen LogP contribution is -2.40. The van der Waals surface area contributed by atoms with E-state index in [2.05, 4.69) is 0 Å². The minimum absolute atomic E-state index is 0.128. The molecule has 2 amide bonds. The first-order chi connectivity index (χ1) is 20.6. The number of pyridine rings is 1. The van der Waals surface area contributed by atoms with Gasteiger partial charge in [0.15, 0.2) is 0 Å². The molecule has 2 aliphatic rings. The fraction of sp³-hybridized carbons (Fsp3) is 0.441. The molecule has 2 saturated carbocycles. The van der Waals surface area contributed by atoms with E-state index in [-0.39, 0.29) is 29.3 Å². The number of nitrogens with zero attached hydrogens (tertiary/aromatic N) is 1. The molecule has 44 heavy (non-hydrogen) atoms. The predicted molar refractivity (Wildman–Crippen MR) is 164 cm³/mol. The molecule has 0 spiro atoms. The number of carbonyl (C=O) groups is 2. The van der Waals surface area contributed by atoms with E-state index in [9.17, 15) is 23.9 Å². The van der Waals surface area contributed by atoms with Crippen LogP contribution in [0, 0.1) is 36.9 Å². The largest absolute Gasteiger partial charge is 0.490 e. The molecule has 5 N–H and O–H groups in total. The third-order valence-electron chi connectivity index (χ3n) is 9.28. The maximum atomic E-state index is 14.0. The van der Waals surface area contributed by atoms with Crippen LogP contribution in [0.4, 0.5) is 4.39 Å². The Kier molecular flexibility index (Phi) is 8.09. The third kappa shape index (κ3) is 5.83. The fourth-order valence-electron chi connectivity index (χ4n) is 6.62. The van der Waals surface area contributed by atoms with Gasteiger partial charge in [-0.15, -0.1) is 0 Å². The van der Waals surface area contributed by atoms with E-state index in [4.69, 9.17) is 20.9 Å². The SMILES string of the molecule is Cc1cc(F)cc(C)c1Oc1ccc(C(C)(C)O)cc1-c1cn(C)c(=O)cc1O[C@H]1CC[C@H](C2CC2(C(N)=O)C(N)=O)CC1. The average Bonchev–Trinajstić information content (AvgIpc) is 3.70. The molecule has 0 radical (unpaired) electrons. The zero-order chi connectivity index (χ0) is 32.1. The summed E-state index contributed by atoms with van der Waals surface area (Å²) in [5.41, 5.74) is 11.5. The summed E-state index contributed by atoms with van der Waals surface area (Å²) in [4.78, 5) is 36.9. The van der Waals surface area contributed by atoms with Crippen LogP contribution in [0.25, 0.3) is 11.1 Å². The van der Waals surface area contributed by atoms with Crippen LogP contribution < -0.4 is 26.5 Å². The highest BCUT2D eigenvalue weighted by molar-refractivity contribution is 6.07. The molecule has 234 valence electrons. The van der Waals surface area contributed by atoms with Crippen LogP contribution in [-0.4, -0.2) is 27.6 Å². The van der Waals surface area contributed by atoms with Crippen LogP contribution >= 0.6 is 0 Å². The lowest BCUT2D eigenvalue weighted by atomic mass is 9.81. The van der Waals surface area contributed by atoms with Gasteiger partial charge in [0.25, 0.3) is 5.56 Å². The topological polar surface area (TPSA) is 147 Å². The quantitative estimate of drug-likeness (QED) is 0.300. The highest BCUT2D eigenvalue weighted by atomic mass is 19.1. The summed E-state index contributed by atoms with van der Waals surface area (Å²) in [6.45, 7) is 6.91. The van der Waals surface area contributed by atoms with Crippen molar-refractivity contribution >= 4 is 11.8 Å². The first kappa shape index (κ1) is 31.3. The minimum atomic E-state index is -1.25. The van der Waals surface area contributed by atoms with Crippen molar-refractivity contribution in [1.82, 2.24) is 4.57 Å². The molecule has 5 rings (SSSR count). The van der Waals surface area contributed by atoms with E-state index in [1.807, 2.05) is 6.07 Å². The van der Waals surface area contributed by atoms with Crippen molar-refractivity contribution in [2.45, 2.75) is 71.5 Å². The van der Waals surface area contributed by atoms with Crippen molar-refractivity contribution < 1.29 is 28.6 Å². The Bertz CT molecular complexity index is 1650. The number of rotatable bonds is 9. The van der Waals surface area contributed by atoms with Gasteiger partial charge in [-0.05, 0) is 113 Å². The molecule has 9 nitrogen and oxygen atoms in total. The molecule has 0 saturated heterocycles. The number of halogens is 1. The number of aryl methyl sites for hydroxylation is 3. The maximum Gasteiger partial charge on any atom is 0.254 e. The summed E-state index contributed by atoms with van der Waals surface area (Å²) in [6, 6.07) is 9.60. The Morgan fingerprint density at radius 3 is 2.14 bits per heavy atom. The smallest absolute Gasteiger partial charge is 0.254 e. The number of ether oxygens (including phenoxy) is 2. The zero-order valence-electron chi connectivity index (χ0n) is 25.8. The third-order valence-corrected chi connectivity index (χ3v) is 9.28.